The molecule has 1 heterocycles. The maximum absolute atomic E-state index is 12.3. The fourth-order valence-corrected chi connectivity index (χ4v) is 2.91. The number of esters is 1. The average molecular weight is 335 g/mol. The van der Waals surface area contributed by atoms with Crippen LogP contribution in [-0.2, 0) is 14.3 Å². The zero-order valence-electron chi connectivity index (χ0n) is 14.4. The predicted octanol–water partition coefficient (Wildman–Crippen LogP) is 0.484. The Labute approximate surface area is 142 Å². The molecule has 132 valence electrons. The van der Waals surface area contributed by atoms with Gasteiger partial charge < -0.3 is 25.0 Å². The van der Waals surface area contributed by atoms with Crippen LogP contribution in [0.3, 0.4) is 0 Å². The van der Waals surface area contributed by atoms with Crippen molar-refractivity contribution in [1.82, 2.24) is 4.90 Å². The van der Waals surface area contributed by atoms with Gasteiger partial charge in [-0.1, -0.05) is 0 Å². The number of piperazine rings is 1. The molecule has 2 N–H and O–H groups in total. The molecule has 24 heavy (non-hydrogen) atoms. The molecule has 0 bridgehead atoms. The summed E-state index contributed by atoms with van der Waals surface area (Å²) < 4.78 is 9.66. The van der Waals surface area contributed by atoms with Gasteiger partial charge >= 0.3 is 5.97 Å². The second-order valence-electron chi connectivity index (χ2n) is 5.93. The molecular formula is C17H25N3O4. The molecule has 7 nitrogen and oxygen atoms in total. The number of rotatable bonds is 5. The van der Waals surface area contributed by atoms with Gasteiger partial charge in [0.2, 0.25) is 5.91 Å². The van der Waals surface area contributed by atoms with E-state index < -0.39 is 6.04 Å². The molecule has 1 amide bonds. The molecule has 1 aromatic carbocycles. The second-order valence-corrected chi connectivity index (χ2v) is 5.93. The third-order valence-corrected chi connectivity index (χ3v) is 4.23. The fraction of sp³-hybridized carbons (Fsp3) is 0.529. The molecule has 0 spiro atoms. The third-order valence-electron chi connectivity index (χ3n) is 4.23. The second kappa shape index (κ2) is 8.12. The summed E-state index contributed by atoms with van der Waals surface area (Å²) in [5.41, 5.74) is 7.39. The number of nitrogens with two attached hydrogens (primary N) is 1. The summed E-state index contributed by atoms with van der Waals surface area (Å²) in [5.74, 6) is -0.428. The van der Waals surface area contributed by atoms with Crippen molar-refractivity contribution in [2.45, 2.75) is 19.0 Å². The number of ether oxygens (including phenoxy) is 2. The van der Waals surface area contributed by atoms with Crippen molar-refractivity contribution in [2.75, 3.05) is 45.4 Å². The number of nitrogens with zero attached hydrogens (tertiary/aromatic N) is 2. The molecular weight excluding hydrogens is 310 g/mol. The van der Waals surface area contributed by atoms with Crippen molar-refractivity contribution in [3.8, 4) is 0 Å². The van der Waals surface area contributed by atoms with Crippen LogP contribution in [-0.4, -0.2) is 69.3 Å². The highest BCUT2D eigenvalue weighted by Gasteiger charge is 2.30. The van der Waals surface area contributed by atoms with Gasteiger partial charge in [-0.2, -0.15) is 0 Å². The molecule has 1 saturated heterocycles. The molecule has 1 aromatic rings. The molecule has 0 saturated carbocycles. The van der Waals surface area contributed by atoms with E-state index in [1.807, 2.05) is 24.0 Å². The number of benzene rings is 1. The first kappa shape index (κ1) is 18.2. The lowest BCUT2D eigenvalue weighted by molar-refractivity contribution is -0.136. The van der Waals surface area contributed by atoms with Gasteiger partial charge in [-0.25, -0.2) is 4.79 Å². The van der Waals surface area contributed by atoms with Crippen LogP contribution in [0.1, 0.15) is 17.3 Å². The number of carbonyl (C=O) groups excluding carboxylic acids is 2. The van der Waals surface area contributed by atoms with Gasteiger partial charge in [0.15, 0.2) is 0 Å². The first-order valence-corrected chi connectivity index (χ1v) is 7.96. The predicted molar refractivity (Wildman–Crippen MR) is 91.0 cm³/mol. The summed E-state index contributed by atoms with van der Waals surface area (Å²) >= 11 is 0. The summed E-state index contributed by atoms with van der Waals surface area (Å²) in [6.07, 6.45) is 0. The van der Waals surface area contributed by atoms with Crippen LogP contribution in [0.2, 0.25) is 0 Å². The van der Waals surface area contributed by atoms with Crippen molar-refractivity contribution < 1.29 is 19.1 Å². The number of anilines is 1. The molecule has 2 rings (SSSR count). The molecule has 1 aliphatic rings. The molecule has 2 unspecified atom stereocenters. The van der Waals surface area contributed by atoms with Crippen molar-refractivity contribution in [3.05, 3.63) is 29.8 Å². The van der Waals surface area contributed by atoms with E-state index in [-0.39, 0.29) is 24.5 Å². The van der Waals surface area contributed by atoms with E-state index in [9.17, 15) is 9.59 Å². The van der Waals surface area contributed by atoms with Gasteiger partial charge in [0.1, 0.15) is 6.04 Å². The SMILES string of the molecule is COCC(N)C(=O)N1CCN(c2ccc(C(=O)OC)cc2)CC1C. The molecule has 2 atom stereocenters. The van der Waals surface area contributed by atoms with E-state index in [4.69, 9.17) is 15.2 Å². The first-order valence-electron chi connectivity index (χ1n) is 7.96. The van der Waals surface area contributed by atoms with E-state index >= 15 is 0 Å². The normalized spacial score (nSPS) is 19.1. The average Bonchev–Trinajstić information content (AvgIpc) is 2.60. The van der Waals surface area contributed by atoms with Crippen LogP contribution in [0.5, 0.6) is 0 Å². The molecule has 0 radical (unpaired) electrons. The summed E-state index contributed by atoms with van der Waals surface area (Å²) in [7, 11) is 2.90. The molecule has 0 aromatic heterocycles. The quantitative estimate of drug-likeness (QED) is 0.788. The van der Waals surface area contributed by atoms with Crippen molar-refractivity contribution in [2.24, 2.45) is 5.73 Å². The molecule has 0 aliphatic carbocycles. The Morgan fingerprint density at radius 3 is 2.46 bits per heavy atom. The Morgan fingerprint density at radius 2 is 1.92 bits per heavy atom. The van der Waals surface area contributed by atoms with Crippen LogP contribution in [0.4, 0.5) is 5.69 Å². The van der Waals surface area contributed by atoms with Crippen molar-refractivity contribution >= 4 is 17.6 Å². The summed E-state index contributed by atoms with van der Waals surface area (Å²) in [5, 5.41) is 0. The zero-order valence-corrected chi connectivity index (χ0v) is 14.4. The highest BCUT2D eigenvalue weighted by atomic mass is 16.5. The minimum Gasteiger partial charge on any atom is -0.465 e. The Morgan fingerprint density at radius 1 is 1.25 bits per heavy atom. The highest BCUT2D eigenvalue weighted by Crippen LogP contribution is 2.20. The van der Waals surface area contributed by atoms with Crippen LogP contribution in [0, 0.1) is 0 Å². The smallest absolute Gasteiger partial charge is 0.337 e. The van der Waals surface area contributed by atoms with Gasteiger partial charge in [0.05, 0.1) is 19.3 Å². The number of amides is 1. The lowest BCUT2D eigenvalue weighted by Crippen LogP contribution is -2.58. The lowest BCUT2D eigenvalue weighted by atomic mass is 10.1. The zero-order chi connectivity index (χ0) is 17.7. The van der Waals surface area contributed by atoms with Gasteiger partial charge in [-0.05, 0) is 31.2 Å². The monoisotopic (exact) mass is 335 g/mol. The van der Waals surface area contributed by atoms with Gasteiger partial charge in [0, 0.05) is 38.5 Å². The number of hydrogen-bond donors (Lipinski definition) is 1. The van der Waals surface area contributed by atoms with E-state index in [0.717, 1.165) is 5.69 Å². The molecule has 1 fully saturated rings. The summed E-state index contributed by atoms with van der Waals surface area (Å²) in [4.78, 5) is 27.8. The van der Waals surface area contributed by atoms with E-state index in [2.05, 4.69) is 4.90 Å². The minimum atomic E-state index is -0.622. The Hall–Kier alpha value is -2.12. The van der Waals surface area contributed by atoms with Crippen LogP contribution in [0.25, 0.3) is 0 Å². The fourth-order valence-electron chi connectivity index (χ4n) is 2.91. The first-order chi connectivity index (χ1) is 11.5. The largest absolute Gasteiger partial charge is 0.465 e. The maximum atomic E-state index is 12.3. The third kappa shape index (κ3) is 4.04. The van der Waals surface area contributed by atoms with Crippen molar-refractivity contribution in [3.63, 3.8) is 0 Å². The Bertz CT molecular complexity index is 576. The Kier molecular flexibility index (Phi) is 6.16. The highest BCUT2D eigenvalue weighted by molar-refractivity contribution is 5.89. The van der Waals surface area contributed by atoms with Gasteiger partial charge in [-0.15, -0.1) is 0 Å². The number of methoxy groups -OCH3 is 2. The van der Waals surface area contributed by atoms with E-state index in [1.165, 1.54) is 14.2 Å². The summed E-state index contributed by atoms with van der Waals surface area (Å²) in [6, 6.07) is 6.72. The van der Waals surface area contributed by atoms with Crippen LogP contribution < -0.4 is 10.6 Å². The maximum Gasteiger partial charge on any atom is 0.337 e. The lowest BCUT2D eigenvalue weighted by Gasteiger charge is -2.41. The van der Waals surface area contributed by atoms with Crippen molar-refractivity contribution in [1.29, 1.82) is 0 Å². The topological polar surface area (TPSA) is 85.1 Å². The standard InChI is InChI=1S/C17H25N3O4/c1-12-10-19(8-9-20(12)16(21)15(18)11-23-2)14-6-4-13(5-7-14)17(22)24-3/h4-7,12,15H,8-11,18H2,1-3H3. The molecule has 1 aliphatic heterocycles. The van der Waals surface area contributed by atoms with Gasteiger partial charge in [0.25, 0.3) is 0 Å². The van der Waals surface area contributed by atoms with E-state index in [0.29, 0.717) is 25.2 Å². The molecule has 7 heteroatoms. The number of hydrogen-bond acceptors (Lipinski definition) is 6. The minimum absolute atomic E-state index is 0.0504. The summed E-state index contributed by atoms with van der Waals surface area (Å²) in [6.45, 7) is 4.26. The van der Waals surface area contributed by atoms with Crippen LogP contribution in [0.15, 0.2) is 24.3 Å². The van der Waals surface area contributed by atoms with Gasteiger partial charge in [-0.3, -0.25) is 4.79 Å². The Balaban J connectivity index is 2.00. The van der Waals surface area contributed by atoms with Crippen LogP contribution >= 0.6 is 0 Å². The van der Waals surface area contributed by atoms with E-state index in [1.54, 1.807) is 12.1 Å². The number of carbonyl (C=O) groups is 2.